The molecule has 2 aromatic rings. The third-order valence-corrected chi connectivity index (χ3v) is 5.75. The molecule has 0 bridgehead atoms. The largest absolute Gasteiger partial charge is 0.480 e. The van der Waals surface area contributed by atoms with E-state index in [1.807, 2.05) is 0 Å². The van der Waals surface area contributed by atoms with Gasteiger partial charge in [-0.15, -0.1) is 0 Å². The zero-order valence-electron chi connectivity index (χ0n) is 17.3. The van der Waals surface area contributed by atoms with E-state index in [1.54, 1.807) is 36.4 Å². The van der Waals surface area contributed by atoms with Crippen LogP contribution in [0.1, 0.15) is 35.8 Å². The second-order valence-electron chi connectivity index (χ2n) is 6.92. The quantitative estimate of drug-likeness (QED) is 0.619. The first-order valence-corrected chi connectivity index (χ1v) is 10.4. The number of carboxylic acid groups (broad SMARTS) is 1. The maximum atomic E-state index is 13.3. The Morgan fingerprint density at radius 1 is 1.20 bits per heavy atom. The molecule has 7 nitrogen and oxygen atoms in total. The predicted octanol–water partition coefficient (Wildman–Crippen LogP) is 1.97. The van der Waals surface area contributed by atoms with Crippen LogP contribution in [-0.4, -0.2) is 45.7 Å². The van der Waals surface area contributed by atoms with Crippen molar-refractivity contribution in [2.45, 2.75) is 31.5 Å². The number of Topliss-reactive ketones (excluding diaryl/α,β-unsaturated/α-hetero) is 1. The van der Waals surface area contributed by atoms with Crippen LogP contribution >= 0.6 is 11.8 Å². The third-order valence-electron chi connectivity index (χ3n) is 4.77. The monoisotopic (exact) mass is 427 g/mol. The zero-order chi connectivity index (χ0) is 22.5. The highest BCUT2D eigenvalue weighted by Crippen LogP contribution is 2.28. The van der Waals surface area contributed by atoms with E-state index in [9.17, 15) is 24.3 Å². The van der Waals surface area contributed by atoms with Crippen molar-refractivity contribution in [3.63, 3.8) is 0 Å². The Morgan fingerprint density at radius 3 is 2.63 bits per heavy atom. The van der Waals surface area contributed by atoms with Crippen molar-refractivity contribution in [3.8, 4) is 0 Å². The van der Waals surface area contributed by atoms with Gasteiger partial charge in [-0.25, -0.2) is 0 Å². The van der Waals surface area contributed by atoms with Crippen LogP contribution in [0.4, 0.5) is 0 Å². The number of thioether (sulfide) groups is 1. The van der Waals surface area contributed by atoms with Gasteiger partial charge in [0.25, 0.3) is 0 Å². The van der Waals surface area contributed by atoms with E-state index in [-0.39, 0.29) is 28.9 Å². The van der Waals surface area contributed by atoms with Crippen LogP contribution in [0.15, 0.2) is 54.6 Å². The lowest BCUT2D eigenvalue weighted by atomic mass is 9.86. The van der Waals surface area contributed by atoms with Crippen LogP contribution in [-0.2, 0) is 20.8 Å². The van der Waals surface area contributed by atoms with Crippen molar-refractivity contribution < 1.29 is 25.7 Å². The molecular formula is C22H22N2O5S. The first-order valence-electron chi connectivity index (χ1n) is 9.88. The first-order chi connectivity index (χ1) is 14.8. The van der Waals surface area contributed by atoms with Crippen molar-refractivity contribution in [2.24, 2.45) is 0 Å². The molecule has 8 heteroatoms. The van der Waals surface area contributed by atoms with Gasteiger partial charge in [0.05, 0.1) is 13.5 Å². The smallest absolute Gasteiger partial charge is 0.321 e. The number of carbonyl (C=O) groups excluding carboxylic acids is 3. The van der Waals surface area contributed by atoms with Gasteiger partial charge in [-0.1, -0.05) is 66.3 Å². The molecule has 0 aliphatic carbocycles. The highest BCUT2D eigenvalue weighted by atomic mass is 32.2. The molecule has 0 aromatic heterocycles. The number of fused-ring (bicyclic) bond motifs is 1. The Kier molecular flexibility index (Phi) is 6.56. The number of carbonyl (C=O) groups is 4. The van der Waals surface area contributed by atoms with Crippen molar-refractivity contribution in [3.05, 3.63) is 71.3 Å². The van der Waals surface area contributed by atoms with E-state index < -0.39 is 35.8 Å². The lowest BCUT2D eigenvalue weighted by molar-refractivity contribution is -0.140. The summed E-state index contributed by atoms with van der Waals surface area (Å²) < 4.78 is 7.85. The molecule has 0 saturated carbocycles. The maximum absolute atomic E-state index is 13.3. The maximum Gasteiger partial charge on any atom is 0.321 e. The van der Waals surface area contributed by atoms with Gasteiger partial charge in [-0.2, -0.15) is 0 Å². The Hall–Kier alpha value is -2.97. The third kappa shape index (κ3) is 5.14. The number of carboxylic acids is 1. The van der Waals surface area contributed by atoms with Crippen molar-refractivity contribution in [1.29, 1.82) is 0 Å². The molecule has 0 fully saturated rings. The summed E-state index contributed by atoms with van der Waals surface area (Å²) >= 11 is 0.836. The van der Waals surface area contributed by atoms with E-state index in [2.05, 4.69) is 10.6 Å². The fourth-order valence-corrected chi connectivity index (χ4v) is 4.21. The van der Waals surface area contributed by atoms with E-state index in [0.717, 1.165) is 17.3 Å². The van der Waals surface area contributed by atoms with Gasteiger partial charge in [0, 0.05) is 18.2 Å². The second kappa shape index (κ2) is 9.69. The summed E-state index contributed by atoms with van der Waals surface area (Å²) in [6, 6.07) is 10.6. The summed E-state index contributed by atoms with van der Waals surface area (Å²) in [5.74, 6) is -1.97. The Balaban J connectivity index is 1.82. The SMILES string of the molecule is [2H]c1ccccc1C(=O)SC[C@H](NC(C)=O)C(=O)[C@H]1NC(C(=O)O)Cc2ccccc21. The number of hydrogen-bond acceptors (Lipinski definition) is 6. The number of amides is 1. The summed E-state index contributed by atoms with van der Waals surface area (Å²) in [4.78, 5) is 49.2. The molecular weight excluding hydrogens is 404 g/mol. The van der Waals surface area contributed by atoms with Crippen LogP contribution in [0.3, 0.4) is 0 Å². The van der Waals surface area contributed by atoms with Crippen molar-refractivity contribution in [2.75, 3.05) is 5.75 Å². The van der Waals surface area contributed by atoms with Gasteiger partial charge in [0.2, 0.25) is 11.0 Å². The summed E-state index contributed by atoms with van der Waals surface area (Å²) in [6.45, 7) is 1.27. The van der Waals surface area contributed by atoms with Gasteiger partial charge in [-0.05, 0) is 17.5 Å². The molecule has 0 saturated heterocycles. The first kappa shape index (κ1) is 20.3. The van der Waals surface area contributed by atoms with Crippen molar-refractivity contribution >= 4 is 34.5 Å². The van der Waals surface area contributed by atoms with Crippen LogP contribution in [0, 0.1) is 0 Å². The normalized spacial score (nSPS) is 19.2. The van der Waals surface area contributed by atoms with Crippen LogP contribution in [0.2, 0.25) is 0 Å². The van der Waals surface area contributed by atoms with E-state index in [1.165, 1.54) is 19.1 Å². The highest BCUT2D eigenvalue weighted by molar-refractivity contribution is 8.14. The number of aliphatic carboxylic acids is 1. The highest BCUT2D eigenvalue weighted by Gasteiger charge is 2.37. The van der Waals surface area contributed by atoms with E-state index >= 15 is 0 Å². The molecule has 3 atom stereocenters. The zero-order valence-corrected chi connectivity index (χ0v) is 17.1. The minimum Gasteiger partial charge on any atom is -0.480 e. The molecule has 1 aliphatic heterocycles. The van der Waals surface area contributed by atoms with Gasteiger partial charge < -0.3 is 10.4 Å². The molecule has 30 heavy (non-hydrogen) atoms. The molecule has 1 heterocycles. The molecule has 1 aliphatic rings. The number of hydrogen-bond donors (Lipinski definition) is 3. The molecule has 3 rings (SSSR count). The molecule has 0 spiro atoms. The summed E-state index contributed by atoms with van der Waals surface area (Å²) in [5.41, 5.74) is 1.63. The lowest BCUT2D eigenvalue weighted by Crippen LogP contribution is -2.53. The van der Waals surface area contributed by atoms with Crippen LogP contribution in [0.25, 0.3) is 0 Å². The minimum absolute atomic E-state index is 0.0380. The lowest BCUT2D eigenvalue weighted by Gasteiger charge is -2.32. The van der Waals surface area contributed by atoms with Gasteiger partial charge in [0.1, 0.15) is 6.04 Å². The number of rotatable bonds is 7. The van der Waals surface area contributed by atoms with Crippen molar-refractivity contribution in [1.82, 2.24) is 10.6 Å². The van der Waals surface area contributed by atoms with Gasteiger partial charge in [-0.3, -0.25) is 24.5 Å². The van der Waals surface area contributed by atoms with E-state index in [4.69, 9.17) is 1.37 Å². The minimum atomic E-state index is -1.07. The Bertz CT molecular complexity index is 1030. The van der Waals surface area contributed by atoms with Gasteiger partial charge >= 0.3 is 5.97 Å². The van der Waals surface area contributed by atoms with Crippen LogP contribution < -0.4 is 10.6 Å². The molecule has 3 N–H and O–H groups in total. The summed E-state index contributed by atoms with van der Waals surface area (Å²) in [5, 5.41) is 14.5. The Morgan fingerprint density at radius 2 is 1.93 bits per heavy atom. The molecule has 2 aromatic carbocycles. The fraction of sp³-hybridized carbons (Fsp3) is 0.273. The van der Waals surface area contributed by atoms with Gasteiger partial charge in [0.15, 0.2) is 5.78 Å². The number of ketones is 1. The number of nitrogens with one attached hydrogen (secondary N) is 2. The number of benzene rings is 2. The molecule has 1 amide bonds. The molecule has 0 radical (unpaired) electrons. The molecule has 1 unspecified atom stereocenters. The van der Waals surface area contributed by atoms with Crippen LogP contribution in [0.5, 0.6) is 0 Å². The molecule has 156 valence electrons. The average molecular weight is 428 g/mol. The fourth-order valence-electron chi connectivity index (χ4n) is 3.36. The summed E-state index contributed by atoms with van der Waals surface area (Å²) in [6.07, 6.45) is 0.244. The topological polar surface area (TPSA) is 113 Å². The predicted molar refractivity (Wildman–Crippen MR) is 113 cm³/mol. The summed E-state index contributed by atoms with van der Waals surface area (Å²) in [7, 11) is 0. The second-order valence-corrected chi connectivity index (χ2v) is 7.92. The van der Waals surface area contributed by atoms with E-state index in [0.29, 0.717) is 5.56 Å². The Labute approximate surface area is 179 Å². The standard InChI is InChI=1S/C22H22N2O5S/c1-13(25)23-18(12-30-22(29)14-7-3-2-4-8-14)20(26)19-16-10-6-5-9-15(16)11-17(24-19)21(27)28/h2-10,17-19,24H,11-12H2,1H3,(H,23,25)(H,27,28)/t17?,18-,19-/m0/s1/i7D. The average Bonchev–Trinajstić information content (AvgIpc) is 2.75.